The predicted molar refractivity (Wildman–Crippen MR) is 228 cm³/mol. The highest BCUT2D eigenvalue weighted by molar-refractivity contribution is 7.98. The Kier molecular flexibility index (Phi) is 28.3. The standard InChI is InChI=1S/C38H73N9O8S2/c1-8-22(4)29(41)35(51)43-26(16-12-14-19-40)32(48)42-25(15-11-13-18-39)33(49)45-28(21-56)34(50)46-31(24(6)10-3)37(53)47-30(23(5)9-2)36(52)44-27(38(54)55)17-20-57-7/h22-31,56H,8-21,39-41H2,1-7H3,(H,42,48)(H,43,51)(H,44,52)(H,45,49)(H,46,50)(H,47,53)(H,54,55). The lowest BCUT2D eigenvalue weighted by atomic mass is 9.94. The third-order valence-corrected chi connectivity index (χ3v) is 11.4. The van der Waals surface area contributed by atoms with Crippen LogP contribution in [0.4, 0.5) is 0 Å². The van der Waals surface area contributed by atoms with E-state index in [4.69, 9.17) is 17.2 Å². The molecule has 13 N–H and O–H groups in total. The topological polar surface area (TPSA) is 290 Å². The fraction of sp³-hybridized carbons (Fsp3) is 0.816. The largest absolute Gasteiger partial charge is 0.480 e. The molecular formula is C38H73N9O8S2. The second-order valence-electron chi connectivity index (χ2n) is 14.8. The highest BCUT2D eigenvalue weighted by Gasteiger charge is 2.36. The Morgan fingerprint density at radius 3 is 1.35 bits per heavy atom. The Balaban J connectivity index is 6.22. The van der Waals surface area contributed by atoms with Crippen molar-refractivity contribution in [2.75, 3.05) is 30.9 Å². The molecule has 17 nitrogen and oxygen atoms in total. The first-order chi connectivity index (χ1) is 27.0. The van der Waals surface area contributed by atoms with Crippen LogP contribution >= 0.6 is 24.4 Å². The number of rotatable bonds is 31. The van der Waals surface area contributed by atoms with Crippen LogP contribution in [0, 0.1) is 17.8 Å². The van der Waals surface area contributed by atoms with E-state index >= 15 is 0 Å². The Morgan fingerprint density at radius 1 is 0.561 bits per heavy atom. The maximum absolute atomic E-state index is 13.8. The summed E-state index contributed by atoms with van der Waals surface area (Å²) in [4.78, 5) is 93.1. The smallest absolute Gasteiger partial charge is 0.326 e. The van der Waals surface area contributed by atoms with Crippen LogP contribution in [0.1, 0.15) is 106 Å². The number of carbonyl (C=O) groups is 7. The van der Waals surface area contributed by atoms with E-state index < -0.39 is 89.6 Å². The van der Waals surface area contributed by atoms with E-state index in [1.54, 1.807) is 13.8 Å². The Bertz CT molecular complexity index is 1270. The van der Waals surface area contributed by atoms with E-state index in [0.29, 0.717) is 63.8 Å². The molecule has 0 aromatic heterocycles. The van der Waals surface area contributed by atoms with E-state index in [2.05, 4.69) is 44.5 Å². The molecule has 0 aromatic rings. The minimum atomic E-state index is -1.23. The SMILES string of the molecule is CCC(C)C(N)C(=O)NC(CCCCN)C(=O)NC(CCCCN)C(=O)NC(CS)C(=O)NC(C(=O)NC(C(=O)NC(CCSC)C(=O)O)C(C)CC)C(C)CC. The summed E-state index contributed by atoms with van der Waals surface area (Å²) in [5, 5.41) is 25.8. The van der Waals surface area contributed by atoms with Crippen molar-refractivity contribution in [2.45, 2.75) is 148 Å². The van der Waals surface area contributed by atoms with Gasteiger partial charge in [-0.3, -0.25) is 28.8 Å². The van der Waals surface area contributed by atoms with Crippen LogP contribution in [0.2, 0.25) is 0 Å². The Hall–Kier alpha value is -3.13. The van der Waals surface area contributed by atoms with Crippen molar-refractivity contribution in [1.82, 2.24) is 31.9 Å². The number of amides is 6. The third-order valence-electron chi connectivity index (χ3n) is 10.3. The molecule has 0 radical (unpaired) electrons. The number of carboxylic acids is 1. The summed E-state index contributed by atoms with van der Waals surface area (Å²) in [5.41, 5.74) is 17.5. The van der Waals surface area contributed by atoms with Gasteiger partial charge in [-0.15, -0.1) is 0 Å². The predicted octanol–water partition coefficient (Wildman–Crippen LogP) is 0.386. The van der Waals surface area contributed by atoms with Crippen LogP contribution in [-0.4, -0.2) is 120 Å². The molecule has 330 valence electrons. The van der Waals surface area contributed by atoms with Crippen LogP contribution in [0.25, 0.3) is 0 Å². The summed E-state index contributed by atoms with van der Waals surface area (Å²) in [6.45, 7) is 11.7. The molecule has 10 unspecified atom stereocenters. The molecule has 0 fully saturated rings. The van der Waals surface area contributed by atoms with Crippen molar-refractivity contribution in [3.05, 3.63) is 0 Å². The summed E-state index contributed by atoms with van der Waals surface area (Å²) in [5.74, 6) is -5.54. The van der Waals surface area contributed by atoms with Crippen LogP contribution < -0.4 is 49.1 Å². The number of hydrogen-bond donors (Lipinski definition) is 11. The zero-order valence-corrected chi connectivity index (χ0v) is 36.8. The summed E-state index contributed by atoms with van der Waals surface area (Å²) in [6.07, 6.45) is 6.27. The zero-order valence-electron chi connectivity index (χ0n) is 35.1. The fourth-order valence-corrected chi connectivity index (χ4v) is 6.43. The van der Waals surface area contributed by atoms with Crippen molar-refractivity contribution in [1.29, 1.82) is 0 Å². The van der Waals surface area contributed by atoms with Gasteiger partial charge in [-0.2, -0.15) is 24.4 Å². The minimum Gasteiger partial charge on any atom is -0.480 e. The number of nitrogens with one attached hydrogen (secondary N) is 6. The van der Waals surface area contributed by atoms with Crippen molar-refractivity contribution in [3.63, 3.8) is 0 Å². The first kappa shape index (κ1) is 53.9. The molecule has 0 aliphatic rings. The van der Waals surface area contributed by atoms with E-state index in [1.165, 1.54) is 11.8 Å². The molecular weight excluding hydrogens is 775 g/mol. The lowest BCUT2D eigenvalue weighted by Crippen LogP contribution is -2.61. The number of unbranched alkanes of at least 4 members (excludes halogenated alkanes) is 2. The van der Waals surface area contributed by atoms with Crippen LogP contribution in [0.15, 0.2) is 0 Å². The van der Waals surface area contributed by atoms with Gasteiger partial charge in [0, 0.05) is 5.75 Å². The lowest BCUT2D eigenvalue weighted by molar-refractivity contribution is -0.142. The van der Waals surface area contributed by atoms with Crippen molar-refractivity contribution in [2.24, 2.45) is 35.0 Å². The van der Waals surface area contributed by atoms with Crippen molar-refractivity contribution < 1.29 is 38.7 Å². The van der Waals surface area contributed by atoms with Crippen molar-refractivity contribution in [3.8, 4) is 0 Å². The average molecular weight is 848 g/mol. The van der Waals surface area contributed by atoms with Gasteiger partial charge in [0.2, 0.25) is 35.4 Å². The fourth-order valence-electron chi connectivity index (χ4n) is 5.70. The summed E-state index contributed by atoms with van der Waals surface area (Å²) in [7, 11) is 0. The normalized spacial score (nSPS) is 16.5. The Labute approximate surface area is 349 Å². The first-order valence-electron chi connectivity index (χ1n) is 20.3. The molecule has 0 saturated heterocycles. The number of nitrogens with two attached hydrogens (primary N) is 3. The molecule has 0 aliphatic heterocycles. The molecule has 0 saturated carbocycles. The van der Waals surface area contributed by atoms with Gasteiger partial charge >= 0.3 is 5.97 Å². The molecule has 0 spiro atoms. The van der Waals surface area contributed by atoms with E-state index in [-0.39, 0.29) is 36.9 Å². The minimum absolute atomic E-state index is 0.130. The molecule has 0 rings (SSSR count). The maximum Gasteiger partial charge on any atom is 0.326 e. The molecule has 10 atom stereocenters. The molecule has 0 aliphatic carbocycles. The number of carbonyl (C=O) groups excluding carboxylic acids is 6. The van der Waals surface area contributed by atoms with E-state index in [1.807, 2.05) is 34.0 Å². The molecule has 19 heteroatoms. The number of thiol groups is 1. The van der Waals surface area contributed by atoms with Crippen LogP contribution in [0.3, 0.4) is 0 Å². The highest BCUT2D eigenvalue weighted by atomic mass is 32.2. The molecule has 0 heterocycles. The Morgan fingerprint density at radius 2 is 0.947 bits per heavy atom. The van der Waals surface area contributed by atoms with Gasteiger partial charge in [-0.1, -0.05) is 60.8 Å². The monoisotopic (exact) mass is 848 g/mol. The maximum atomic E-state index is 13.8. The van der Waals surface area contributed by atoms with Crippen LogP contribution in [-0.2, 0) is 33.6 Å². The average Bonchev–Trinajstić information content (AvgIpc) is 3.19. The summed E-state index contributed by atoms with van der Waals surface area (Å²) in [6, 6.07) is -7.53. The molecule has 0 aromatic carbocycles. The van der Waals surface area contributed by atoms with Gasteiger partial charge in [0.25, 0.3) is 0 Å². The van der Waals surface area contributed by atoms with Gasteiger partial charge in [-0.05, 0) is 87.8 Å². The third kappa shape index (κ3) is 19.9. The van der Waals surface area contributed by atoms with Gasteiger partial charge in [-0.25, -0.2) is 4.79 Å². The second-order valence-corrected chi connectivity index (χ2v) is 16.1. The molecule has 57 heavy (non-hydrogen) atoms. The van der Waals surface area contributed by atoms with Gasteiger partial charge in [0.15, 0.2) is 0 Å². The van der Waals surface area contributed by atoms with Gasteiger partial charge < -0.3 is 54.2 Å². The van der Waals surface area contributed by atoms with E-state index in [9.17, 15) is 38.7 Å². The van der Waals surface area contributed by atoms with Gasteiger partial charge in [0.1, 0.15) is 36.3 Å². The van der Waals surface area contributed by atoms with E-state index in [0.717, 1.165) is 0 Å². The highest BCUT2D eigenvalue weighted by Crippen LogP contribution is 2.14. The lowest BCUT2D eigenvalue weighted by Gasteiger charge is -2.30. The van der Waals surface area contributed by atoms with Crippen molar-refractivity contribution >= 4 is 65.8 Å². The zero-order chi connectivity index (χ0) is 43.7. The summed E-state index contributed by atoms with van der Waals surface area (Å²) >= 11 is 5.75. The number of thioether (sulfide) groups is 1. The number of aliphatic carboxylic acids is 1. The quantitative estimate of drug-likeness (QED) is 0.0334. The van der Waals surface area contributed by atoms with Gasteiger partial charge in [0.05, 0.1) is 6.04 Å². The number of hydrogen-bond acceptors (Lipinski definition) is 12. The number of carboxylic acid groups (broad SMARTS) is 1. The molecule has 0 bridgehead atoms. The summed E-state index contributed by atoms with van der Waals surface area (Å²) < 4.78 is 0. The molecule has 6 amide bonds. The van der Waals surface area contributed by atoms with Crippen LogP contribution in [0.5, 0.6) is 0 Å². The first-order valence-corrected chi connectivity index (χ1v) is 22.3. The second kappa shape index (κ2) is 30.0.